The number of aryl methyl sites for hydroxylation is 2. The Morgan fingerprint density at radius 1 is 1.42 bits per heavy atom. The number of aromatic nitrogens is 2. The first-order chi connectivity index (χ1) is 12.3. The van der Waals surface area contributed by atoms with Crippen LogP contribution in [-0.4, -0.2) is 20.6 Å². The molecule has 2 aromatic rings. The fraction of sp³-hybridized carbons (Fsp3) is 0.471. The van der Waals surface area contributed by atoms with Gasteiger partial charge in [0.05, 0.1) is 10.5 Å². The van der Waals surface area contributed by atoms with Gasteiger partial charge in [0.2, 0.25) is 5.91 Å². The standard InChI is InChI=1S/C17H19N5O3S/c1-9-15(22(24)25)10(2)21(20-9)11(3)16(23)19-17-13(8-18)12-6-4-5-7-14(12)26-17/h11H,4-7H2,1-3H3,(H,19,23)/t11-/m0/s1. The molecule has 2 heterocycles. The molecule has 1 aliphatic carbocycles. The highest BCUT2D eigenvalue weighted by atomic mass is 32.1. The highest BCUT2D eigenvalue weighted by Gasteiger charge is 2.28. The normalized spacial score (nSPS) is 14.4. The van der Waals surface area contributed by atoms with Gasteiger partial charge in [0.25, 0.3) is 0 Å². The highest BCUT2D eigenvalue weighted by molar-refractivity contribution is 7.16. The fourth-order valence-electron chi connectivity index (χ4n) is 3.40. The molecule has 26 heavy (non-hydrogen) atoms. The summed E-state index contributed by atoms with van der Waals surface area (Å²) in [6.07, 6.45) is 3.95. The number of fused-ring (bicyclic) bond motifs is 1. The number of carbonyl (C=O) groups excluding carboxylic acids is 1. The summed E-state index contributed by atoms with van der Waals surface area (Å²) in [6.45, 7) is 4.76. The van der Waals surface area contributed by atoms with Crippen molar-refractivity contribution in [2.24, 2.45) is 0 Å². The van der Waals surface area contributed by atoms with Crippen LogP contribution in [0.4, 0.5) is 10.7 Å². The second-order valence-electron chi connectivity index (χ2n) is 6.41. The lowest BCUT2D eigenvalue weighted by molar-refractivity contribution is -0.386. The molecule has 1 N–H and O–H groups in total. The molecule has 0 aromatic carbocycles. The quantitative estimate of drug-likeness (QED) is 0.651. The molecule has 8 nitrogen and oxygen atoms in total. The van der Waals surface area contributed by atoms with Crippen LogP contribution in [0.15, 0.2) is 0 Å². The third-order valence-electron chi connectivity index (χ3n) is 4.74. The van der Waals surface area contributed by atoms with E-state index in [0.29, 0.717) is 16.3 Å². The monoisotopic (exact) mass is 373 g/mol. The minimum Gasteiger partial charge on any atom is -0.315 e. The number of amides is 1. The molecule has 9 heteroatoms. The Bertz CT molecular complexity index is 937. The van der Waals surface area contributed by atoms with Crippen molar-refractivity contribution in [2.45, 2.75) is 52.5 Å². The van der Waals surface area contributed by atoms with E-state index < -0.39 is 11.0 Å². The van der Waals surface area contributed by atoms with Crippen LogP contribution in [0.2, 0.25) is 0 Å². The van der Waals surface area contributed by atoms with Gasteiger partial charge in [-0.15, -0.1) is 11.3 Å². The third kappa shape index (κ3) is 2.97. The number of nitrogens with one attached hydrogen (secondary N) is 1. The minimum atomic E-state index is -0.729. The molecule has 0 spiro atoms. The van der Waals surface area contributed by atoms with Crippen molar-refractivity contribution >= 4 is 27.9 Å². The third-order valence-corrected chi connectivity index (χ3v) is 5.94. The summed E-state index contributed by atoms with van der Waals surface area (Å²) in [5, 5.41) is 28.2. The van der Waals surface area contributed by atoms with Crippen LogP contribution in [0.1, 0.15) is 53.2 Å². The second-order valence-corrected chi connectivity index (χ2v) is 7.52. The molecule has 0 saturated heterocycles. The minimum absolute atomic E-state index is 0.0750. The largest absolute Gasteiger partial charge is 0.315 e. The van der Waals surface area contributed by atoms with Crippen LogP contribution >= 0.6 is 11.3 Å². The lowest BCUT2D eigenvalue weighted by Crippen LogP contribution is -2.25. The smallest absolute Gasteiger partial charge is 0.312 e. The summed E-state index contributed by atoms with van der Waals surface area (Å²) in [7, 11) is 0. The maximum Gasteiger partial charge on any atom is 0.312 e. The average molecular weight is 373 g/mol. The summed E-state index contributed by atoms with van der Waals surface area (Å²) < 4.78 is 1.36. The van der Waals surface area contributed by atoms with E-state index in [0.717, 1.165) is 36.1 Å². The average Bonchev–Trinajstić information content (AvgIpc) is 3.10. The Morgan fingerprint density at radius 3 is 2.73 bits per heavy atom. The van der Waals surface area contributed by atoms with Gasteiger partial charge in [-0.05, 0) is 52.0 Å². The van der Waals surface area contributed by atoms with Crippen LogP contribution < -0.4 is 5.32 Å². The van der Waals surface area contributed by atoms with Crippen LogP contribution in [0.5, 0.6) is 0 Å². The van der Waals surface area contributed by atoms with E-state index >= 15 is 0 Å². The zero-order chi connectivity index (χ0) is 19.0. The van der Waals surface area contributed by atoms with Crippen LogP contribution in [-0.2, 0) is 17.6 Å². The zero-order valence-corrected chi connectivity index (χ0v) is 15.6. The van der Waals surface area contributed by atoms with Gasteiger partial charge in [-0.2, -0.15) is 10.4 Å². The number of nitrogens with zero attached hydrogens (tertiary/aromatic N) is 4. The van der Waals surface area contributed by atoms with Gasteiger partial charge >= 0.3 is 5.69 Å². The van der Waals surface area contributed by atoms with Crippen molar-refractivity contribution in [1.82, 2.24) is 9.78 Å². The van der Waals surface area contributed by atoms with Gasteiger partial charge in [0.15, 0.2) is 0 Å². The summed E-state index contributed by atoms with van der Waals surface area (Å²) in [5.41, 5.74) is 2.13. The van der Waals surface area contributed by atoms with Crippen molar-refractivity contribution in [1.29, 1.82) is 5.26 Å². The number of carbonyl (C=O) groups is 1. The van der Waals surface area contributed by atoms with Gasteiger partial charge in [-0.1, -0.05) is 0 Å². The molecule has 0 unspecified atom stereocenters. The van der Waals surface area contributed by atoms with Crippen molar-refractivity contribution < 1.29 is 9.72 Å². The second kappa shape index (κ2) is 6.88. The van der Waals surface area contributed by atoms with Crippen LogP contribution in [0.25, 0.3) is 0 Å². The zero-order valence-electron chi connectivity index (χ0n) is 14.8. The molecule has 0 aliphatic heterocycles. The van der Waals surface area contributed by atoms with E-state index in [1.807, 2.05) is 0 Å². The fourth-order valence-corrected chi connectivity index (χ4v) is 4.64. The Morgan fingerprint density at radius 2 is 2.12 bits per heavy atom. The number of rotatable bonds is 4. The Labute approximate surface area is 154 Å². The number of nitriles is 1. The lowest BCUT2D eigenvalue weighted by atomic mass is 9.96. The molecular weight excluding hydrogens is 354 g/mol. The van der Waals surface area contributed by atoms with Gasteiger partial charge < -0.3 is 5.32 Å². The molecule has 1 amide bonds. The van der Waals surface area contributed by atoms with Crippen LogP contribution in [0.3, 0.4) is 0 Å². The van der Waals surface area contributed by atoms with E-state index in [-0.39, 0.29) is 17.3 Å². The first kappa shape index (κ1) is 18.1. The molecule has 0 bridgehead atoms. The number of nitro groups is 1. The molecule has 2 aromatic heterocycles. The number of thiophene rings is 1. The van der Waals surface area contributed by atoms with Gasteiger partial charge in [0, 0.05) is 4.88 Å². The van der Waals surface area contributed by atoms with Crippen molar-refractivity contribution in [3.63, 3.8) is 0 Å². The molecule has 136 valence electrons. The Hall–Kier alpha value is -2.73. The van der Waals surface area contributed by atoms with E-state index in [4.69, 9.17) is 0 Å². The first-order valence-electron chi connectivity index (χ1n) is 8.40. The first-order valence-corrected chi connectivity index (χ1v) is 9.22. The van der Waals surface area contributed by atoms with Crippen LogP contribution in [0, 0.1) is 35.3 Å². The Kier molecular flexibility index (Phi) is 4.78. The predicted molar refractivity (Wildman–Crippen MR) is 97.4 cm³/mol. The summed E-state index contributed by atoms with van der Waals surface area (Å²) in [5.74, 6) is -0.347. The molecule has 1 atom stereocenters. The summed E-state index contributed by atoms with van der Waals surface area (Å²) >= 11 is 1.45. The van der Waals surface area contributed by atoms with E-state index in [1.165, 1.54) is 16.0 Å². The molecule has 0 fully saturated rings. The number of anilines is 1. The van der Waals surface area contributed by atoms with Gasteiger partial charge in [-0.3, -0.25) is 19.6 Å². The van der Waals surface area contributed by atoms with Crippen molar-refractivity contribution in [3.05, 3.63) is 37.5 Å². The maximum absolute atomic E-state index is 12.7. The molecule has 0 radical (unpaired) electrons. The molecular formula is C17H19N5O3S. The van der Waals surface area contributed by atoms with Gasteiger partial charge in [-0.25, -0.2) is 0 Å². The number of hydrogen-bond donors (Lipinski definition) is 1. The summed E-state index contributed by atoms with van der Waals surface area (Å²) in [4.78, 5) is 24.5. The highest BCUT2D eigenvalue weighted by Crippen LogP contribution is 2.38. The van der Waals surface area contributed by atoms with E-state index in [2.05, 4.69) is 16.5 Å². The number of hydrogen-bond acceptors (Lipinski definition) is 6. The van der Waals surface area contributed by atoms with Crippen molar-refractivity contribution in [2.75, 3.05) is 5.32 Å². The van der Waals surface area contributed by atoms with Crippen molar-refractivity contribution in [3.8, 4) is 6.07 Å². The molecule has 3 rings (SSSR count). The van der Waals surface area contributed by atoms with E-state index in [9.17, 15) is 20.2 Å². The molecule has 1 aliphatic rings. The van der Waals surface area contributed by atoms with Gasteiger partial charge in [0.1, 0.15) is 28.5 Å². The maximum atomic E-state index is 12.7. The predicted octanol–water partition coefficient (Wildman–Crippen LogP) is 3.42. The Balaban J connectivity index is 1.87. The SMILES string of the molecule is Cc1nn([C@@H](C)C(=O)Nc2sc3c(c2C#N)CCCC3)c(C)c1[N+](=O)[O-]. The van der Waals surface area contributed by atoms with E-state index in [1.54, 1.807) is 20.8 Å². The lowest BCUT2D eigenvalue weighted by Gasteiger charge is -2.13. The summed E-state index contributed by atoms with van der Waals surface area (Å²) in [6, 6.07) is 1.48. The molecule has 0 saturated carbocycles. The topological polar surface area (TPSA) is 114 Å².